The standard InChI is InChI=1S/C26H27ClN4O2.ClH/c27-23-16-22(10-11-24(23)31-12-2-1-9-26(31)33)30-25(32)15-18-5-3-7-20(13-18)29-21-8-4-6-19(14-21)17-28;/h3-8,10-11,13-14,16,29H,1-2,9,12,15,17,28H2,(H,30,32);1H. The van der Waals surface area contributed by atoms with Crippen LogP contribution in [0.15, 0.2) is 66.7 Å². The van der Waals surface area contributed by atoms with Crippen LogP contribution in [0.2, 0.25) is 5.02 Å². The van der Waals surface area contributed by atoms with Gasteiger partial charge in [-0.3, -0.25) is 9.59 Å². The van der Waals surface area contributed by atoms with E-state index < -0.39 is 0 Å². The lowest BCUT2D eigenvalue weighted by atomic mass is 10.1. The molecule has 0 bridgehead atoms. The molecule has 0 aliphatic carbocycles. The predicted molar refractivity (Wildman–Crippen MR) is 141 cm³/mol. The zero-order valence-electron chi connectivity index (χ0n) is 18.7. The second-order valence-corrected chi connectivity index (χ2v) is 8.53. The summed E-state index contributed by atoms with van der Waals surface area (Å²) in [5, 5.41) is 6.70. The van der Waals surface area contributed by atoms with Gasteiger partial charge in [-0.05, 0) is 66.4 Å². The number of nitrogens with zero attached hydrogens (tertiary/aromatic N) is 1. The van der Waals surface area contributed by atoms with Crippen LogP contribution in [0.5, 0.6) is 0 Å². The second-order valence-electron chi connectivity index (χ2n) is 8.12. The number of amides is 2. The van der Waals surface area contributed by atoms with Gasteiger partial charge >= 0.3 is 0 Å². The number of hydrogen-bond acceptors (Lipinski definition) is 4. The zero-order valence-corrected chi connectivity index (χ0v) is 20.3. The molecule has 8 heteroatoms. The highest BCUT2D eigenvalue weighted by Crippen LogP contribution is 2.31. The fraction of sp³-hybridized carbons (Fsp3) is 0.231. The first-order valence-electron chi connectivity index (χ1n) is 11.1. The lowest BCUT2D eigenvalue weighted by Gasteiger charge is -2.27. The van der Waals surface area contributed by atoms with Crippen molar-refractivity contribution in [1.82, 2.24) is 0 Å². The van der Waals surface area contributed by atoms with Crippen molar-refractivity contribution in [2.45, 2.75) is 32.2 Å². The molecule has 2 amide bonds. The van der Waals surface area contributed by atoms with Crippen LogP contribution in [0.3, 0.4) is 0 Å². The Bertz CT molecular complexity index is 1170. The van der Waals surface area contributed by atoms with E-state index in [1.165, 1.54) is 0 Å². The number of nitrogens with one attached hydrogen (secondary N) is 2. The Balaban J connectivity index is 0.00000324. The van der Waals surface area contributed by atoms with E-state index in [1.807, 2.05) is 48.5 Å². The van der Waals surface area contributed by atoms with E-state index in [9.17, 15) is 9.59 Å². The average molecular weight is 499 g/mol. The molecule has 1 saturated heterocycles. The van der Waals surface area contributed by atoms with Crippen LogP contribution >= 0.6 is 24.0 Å². The number of carbonyl (C=O) groups excluding carboxylic acids is 2. The molecule has 0 aromatic heterocycles. The fourth-order valence-electron chi connectivity index (χ4n) is 3.96. The van der Waals surface area contributed by atoms with Crippen molar-refractivity contribution < 1.29 is 9.59 Å². The maximum atomic E-state index is 12.6. The highest BCUT2D eigenvalue weighted by molar-refractivity contribution is 6.34. The van der Waals surface area contributed by atoms with Gasteiger partial charge in [0.15, 0.2) is 0 Å². The molecule has 0 unspecified atom stereocenters. The topological polar surface area (TPSA) is 87.5 Å². The van der Waals surface area contributed by atoms with E-state index >= 15 is 0 Å². The number of halogens is 2. The lowest BCUT2D eigenvalue weighted by Crippen LogP contribution is -2.35. The molecule has 0 radical (unpaired) electrons. The molecule has 178 valence electrons. The number of anilines is 4. The van der Waals surface area contributed by atoms with Crippen molar-refractivity contribution in [2.24, 2.45) is 5.73 Å². The van der Waals surface area contributed by atoms with Gasteiger partial charge in [-0.15, -0.1) is 12.4 Å². The molecule has 4 N–H and O–H groups in total. The van der Waals surface area contributed by atoms with Gasteiger partial charge in [0.25, 0.3) is 0 Å². The summed E-state index contributed by atoms with van der Waals surface area (Å²) in [6, 6.07) is 20.9. The monoisotopic (exact) mass is 498 g/mol. The maximum Gasteiger partial charge on any atom is 0.228 e. The van der Waals surface area contributed by atoms with E-state index in [0.29, 0.717) is 35.9 Å². The minimum atomic E-state index is -0.143. The van der Waals surface area contributed by atoms with E-state index in [2.05, 4.69) is 10.6 Å². The van der Waals surface area contributed by atoms with Gasteiger partial charge in [-0.25, -0.2) is 0 Å². The first-order chi connectivity index (χ1) is 16.0. The molecule has 34 heavy (non-hydrogen) atoms. The molecule has 3 aromatic rings. The summed E-state index contributed by atoms with van der Waals surface area (Å²) < 4.78 is 0. The summed E-state index contributed by atoms with van der Waals surface area (Å²) >= 11 is 6.43. The van der Waals surface area contributed by atoms with Crippen LogP contribution in [0, 0.1) is 0 Å². The summed E-state index contributed by atoms with van der Waals surface area (Å²) in [5.74, 6) is -0.0571. The van der Waals surface area contributed by atoms with Gasteiger partial charge in [0.2, 0.25) is 11.8 Å². The van der Waals surface area contributed by atoms with Crippen molar-refractivity contribution in [3.63, 3.8) is 0 Å². The number of rotatable bonds is 7. The van der Waals surface area contributed by atoms with Gasteiger partial charge in [0.05, 0.1) is 17.1 Å². The summed E-state index contributed by atoms with van der Waals surface area (Å²) in [7, 11) is 0. The average Bonchev–Trinajstić information content (AvgIpc) is 2.80. The first kappa shape index (κ1) is 25.6. The van der Waals surface area contributed by atoms with Crippen LogP contribution in [0.4, 0.5) is 22.7 Å². The molecule has 1 aliphatic heterocycles. The molecule has 4 rings (SSSR count). The van der Waals surface area contributed by atoms with E-state index in [0.717, 1.165) is 35.3 Å². The highest BCUT2D eigenvalue weighted by atomic mass is 35.5. The van der Waals surface area contributed by atoms with Crippen molar-refractivity contribution in [2.75, 3.05) is 22.1 Å². The van der Waals surface area contributed by atoms with Gasteiger partial charge in [-0.1, -0.05) is 35.9 Å². The van der Waals surface area contributed by atoms with Gasteiger partial charge < -0.3 is 21.3 Å². The molecule has 3 aromatic carbocycles. The number of carbonyl (C=O) groups is 2. The normalized spacial score (nSPS) is 13.2. The third-order valence-corrected chi connectivity index (χ3v) is 5.89. The molecule has 1 heterocycles. The van der Waals surface area contributed by atoms with Crippen LogP contribution in [0.1, 0.15) is 30.4 Å². The minimum Gasteiger partial charge on any atom is -0.356 e. The zero-order chi connectivity index (χ0) is 23.2. The third kappa shape index (κ3) is 6.50. The molecular formula is C26H28Cl2N4O2. The van der Waals surface area contributed by atoms with E-state index in [-0.39, 0.29) is 30.6 Å². The molecule has 0 spiro atoms. The molecule has 0 atom stereocenters. The smallest absolute Gasteiger partial charge is 0.228 e. The van der Waals surface area contributed by atoms with Crippen molar-refractivity contribution in [3.8, 4) is 0 Å². The largest absolute Gasteiger partial charge is 0.356 e. The second kappa shape index (κ2) is 11.9. The van der Waals surface area contributed by atoms with Crippen LogP contribution < -0.4 is 21.3 Å². The van der Waals surface area contributed by atoms with Crippen LogP contribution in [-0.2, 0) is 22.6 Å². The fourth-order valence-corrected chi connectivity index (χ4v) is 4.24. The van der Waals surface area contributed by atoms with Crippen LogP contribution in [0.25, 0.3) is 0 Å². The Hall–Kier alpha value is -3.06. The van der Waals surface area contributed by atoms with E-state index in [1.54, 1.807) is 23.1 Å². The Morgan fingerprint density at radius 3 is 2.32 bits per heavy atom. The highest BCUT2D eigenvalue weighted by Gasteiger charge is 2.21. The molecule has 1 aliphatic rings. The SMILES string of the molecule is Cl.NCc1cccc(Nc2cccc(CC(=O)Nc3ccc(N4CCCCC4=O)c(Cl)c3)c2)c1. The van der Waals surface area contributed by atoms with Crippen molar-refractivity contribution in [1.29, 1.82) is 0 Å². The van der Waals surface area contributed by atoms with Gasteiger partial charge in [-0.2, -0.15) is 0 Å². The quantitative estimate of drug-likeness (QED) is 0.391. The summed E-state index contributed by atoms with van der Waals surface area (Å²) in [4.78, 5) is 26.5. The number of hydrogen-bond donors (Lipinski definition) is 3. The third-order valence-electron chi connectivity index (χ3n) is 5.59. The number of piperidine rings is 1. The maximum absolute atomic E-state index is 12.6. The van der Waals surface area contributed by atoms with Crippen LogP contribution in [-0.4, -0.2) is 18.4 Å². The summed E-state index contributed by atoms with van der Waals surface area (Å²) in [5.41, 5.74) is 10.8. The van der Waals surface area contributed by atoms with Gasteiger partial charge in [0, 0.05) is 36.6 Å². The Morgan fingerprint density at radius 1 is 0.941 bits per heavy atom. The number of nitrogens with two attached hydrogens (primary N) is 1. The van der Waals surface area contributed by atoms with Gasteiger partial charge in [0.1, 0.15) is 0 Å². The van der Waals surface area contributed by atoms with Crippen molar-refractivity contribution in [3.05, 3.63) is 82.9 Å². The molecule has 6 nitrogen and oxygen atoms in total. The first-order valence-corrected chi connectivity index (χ1v) is 11.4. The molecule has 0 saturated carbocycles. The predicted octanol–water partition coefficient (Wildman–Crippen LogP) is 5.66. The summed E-state index contributed by atoms with van der Waals surface area (Å²) in [6.45, 7) is 1.15. The Morgan fingerprint density at radius 2 is 1.65 bits per heavy atom. The Kier molecular flexibility index (Phi) is 8.93. The van der Waals surface area contributed by atoms with Crippen molar-refractivity contribution >= 4 is 58.6 Å². The van der Waals surface area contributed by atoms with E-state index in [4.69, 9.17) is 17.3 Å². The lowest BCUT2D eigenvalue weighted by molar-refractivity contribution is -0.119. The molecular weight excluding hydrogens is 471 g/mol. The minimum absolute atomic E-state index is 0. The number of benzene rings is 3. The summed E-state index contributed by atoms with van der Waals surface area (Å²) in [6.07, 6.45) is 2.65. The Labute approximate surface area is 210 Å². The molecule has 1 fully saturated rings.